The first-order valence-corrected chi connectivity index (χ1v) is 6.57. The van der Waals surface area contributed by atoms with Crippen molar-refractivity contribution in [3.8, 4) is 0 Å². The molecule has 1 fully saturated rings. The smallest absolute Gasteiger partial charge is 0.325 e. The van der Waals surface area contributed by atoms with Crippen molar-refractivity contribution in [2.75, 3.05) is 13.7 Å². The van der Waals surface area contributed by atoms with Crippen molar-refractivity contribution in [3.63, 3.8) is 0 Å². The van der Waals surface area contributed by atoms with E-state index in [0.29, 0.717) is 0 Å². The van der Waals surface area contributed by atoms with Crippen molar-refractivity contribution in [2.45, 2.75) is 17.9 Å². The monoisotopic (exact) mass is 255 g/mol. The lowest BCUT2D eigenvalue weighted by Gasteiger charge is -2.05. The number of ether oxygens (including phenoxy) is 1. The quantitative estimate of drug-likeness (QED) is 0.584. The van der Waals surface area contributed by atoms with Crippen LogP contribution in [0.1, 0.15) is 5.56 Å². The summed E-state index contributed by atoms with van der Waals surface area (Å²) in [6.07, 6.45) is 0. The summed E-state index contributed by atoms with van der Waals surface area (Å²) < 4.78 is 29.7. The molecule has 0 amide bonds. The Morgan fingerprint density at radius 1 is 1.35 bits per heavy atom. The fourth-order valence-electron chi connectivity index (χ4n) is 1.56. The van der Waals surface area contributed by atoms with Gasteiger partial charge < -0.3 is 4.74 Å². The van der Waals surface area contributed by atoms with Crippen LogP contribution in [0.4, 0.5) is 0 Å². The number of rotatable bonds is 3. The molecule has 0 saturated carbocycles. The van der Waals surface area contributed by atoms with Gasteiger partial charge in [0, 0.05) is 6.54 Å². The second-order valence-electron chi connectivity index (χ2n) is 3.93. The van der Waals surface area contributed by atoms with E-state index in [0.717, 1.165) is 9.87 Å². The largest absolute Gasteiger partial charge is 0.468 e. The molecule has 0 aliphatic carbocycles. The lowest BCUT2D eigenvalue weighted by atomic mass is 10.2. The molecule has 1 heterocycles. The van der Waals surface area contributed by atoms with E-state index in [-0.39, 0.29) is 11.4 Å². The molecule has 2 unspecified atom stereocenters. The third-order valence-electron chi connectivity index (χ3n) is 2.67. The predicted molar refractivity (Wildman–Crippen MR) is 60.9 cm³/mol. The van der Waals surface area contributed by atoms with Gasteiger partial charge in [-0.3, -0.25) is 4.79 Å². The zero-order valence-corrected chi connectivity index (χ0v) is 10.4. The minimum atomic E-state index is -3.55. The van der Waals surface area contributed by atoms with Crippen molar-refractivity contribution in [1.29, 1.82) is 0 Å². The summed E-state index contributed by atoms with van der Waals surface area (Å²) in [4.78, 5) is 11.4. The van der Waals surface area contributed by atoms with Crippen LogP contribution < -0.4 is 0 Å². The second kappa shape index (κ2) is 4.12. The van der Waals surface area contributed by atoms with Crippen LogP contribution in [0.5, 0.6) is 0 Å². The first-order valence-electron chi connectivity index (χ1n) is 5.13. The topological polar surface area (TPSA) is 63.5 Å². The zero-order chi connectivity index (χ0) is 12.6. The Bertz CT molecular complexity index is 535. The molecule has 0 aromatic heterocycles. The number of sulfonamides is 1. The van der Waals surface area contributed by atoms with Crippen molar-refractivity contribution in [3.05, 3.63) is 29.8 Å². The molecule has 1 aliphatic heterocycles. The van der Waals surface area contributed by atoms with Gasteiger partial charge in [-0.05, 0) is 19.1 Å². The highest BCUT2D eigenvalue weighted by atomic mass is 32.2. The van der Waals surface area contributed by atoms with Crippen LogP contribution in [0, 0.1) is 6.92 Å². The molecule has 2 atom stereocenters. The van der Waals surface area contributed by atoms with Gasteiger partial charge in [0.1, 0.15) is 6.04 Å². The molecular weight excluding hydrogens is 242 g/mol. The van der Waals surface area contributed by atoms with Crippen LogP contribution >= 0.6 is 0 Å². The van der Waals surface area contributed by atoms with Gasteiger partial charge in [-0.15, -0.1) is 0 Å². The molecule has 0 bridgehead atoms. The van der Waals surface area contributed by atoms with Crippen molar-refractivity contribution in [1.82, 2.24) is 4.31 Å². The number of carbonyl (C=O) groups is 1. The number of aryl methyl sites for hydroxylation is 1. The summed E-state index contributed by atoms with van der Waals surface area (Å²) in [6, 6.07) is 5.87. The minimum Gasteiger partial charge on any atom is -0.468 e. The first kappa shape index (κ1) is 12.1. The molecule has 5 nitrogen and oxygen atoms in total. The minimum absolute atomic E-state index is 0.197. The summed E-state index contributed by atoms with van der Waals surface area (Å²) in [5, 5.41) is 0. The van der Waals surface area contributed by atoms with Gasteiger partial charge in [0.25, 0.3) is 0 Å². The number of esters is 1. The number of hydrogen-bond acceptors (Lipinski definition) is 4. The molecule has 2 rings (SSSR count). The van der Waals surface area contributed by atoms with Gasteiger partial charge in [-0.1, -0.05) is 17.7 Å². The maximum Gasteiger partial charge on any atom is 0.325 e. The zero-order valence-electron chi connectivity index (χ0n) is 9.58. The lowest BCUT2D eigenvalue weighted by Crippen LogP contribution is -2.20. The Hall–Kier alpha value is -1.40. The van der Waals surface area contributed by atoms with E-state index >= 15 is 0 Å². The first-order chi connectivity index (χ1) is 7.96. The van der Waals surface area contributed by atoms with Gasteiger partial charge in [-0.25, -0.2) is 8.42 Å². The molecule has 1 aromatic rings. The standard InChI is InChI=1S/C11H13NO4S/c1-8-3-5-9(6-4-8)17(14,15)12-7-10(12)11(13)16-2/h3-6,10H,7H2,1-2H3. The van der Waals surface area contributed by atoms with Crippen LogP contribution in [0.2, 0.25) is 0 Å². The van der Waals surface area contributed by atoms with E-state index in [1.807, 2.05) is 6.92 Å². The van der Waals surface area contributed by atoms with Crippen molar-refractivity contribution in [2.24, 2.45) is 0 Å². The molecule has 6 heteroatoms. The molecule has 0 radical (unpaired) electrons. The average Bonchev–Trinajstić information content (AvgIpc) is 3.09. The van der Waals surface area contributed by atoms with E-state index in [1.54, 1.807) is 12.1 Å². The van der Waals surface area contributed by atoms with Gasteiger partial charge in [0.2, 0.25) is 10.0 Å². The summed E-state index contributed by atoms with van der Waals surface area (Å²) >= 11 is 0. The average molecular weight is 255 g/mol. The molecule has 92 valence electrons. The van der Waals surface area contributed by atoms with E-state index in [2.05, 4.69) is 4.74 Å². The lowest BCUT2D eigenvalue weighted by molar-refractivity contribution is -0.140. The molecular formula is C11H13NO4S. The molecule has 17 heavy (non-hydrogen) atoms. The molecule has 1 aliphatic rings. The summed E-state index contributed by atoms with van der Waals surface area (Å²) in [5.74, 6) is -0.513. The SMILES string of the molecule is COC(=O)C1CN1S(=O)(=O)c1ccc(C)cc1. The fourth-order valence-corrected chi connectivity index (χ4v) is 3.07. The number of nitrogens with zero attached hydrogens (tertiary/aromatic N) is 1. The van der Waals surface area contributed by atoms with Crippen LogP contribution in [-0.4, -0.2) is 38.4 Å². The highest BCUT2D eigenvalue weighted by Crippen LogP contribution is 2.28. The third-order valence-corrected chi connectivity index (χ3v) is 4.56. The van der Waals surface area contributed by atoms with Crippen molar-refractivity contribution >= 4 is 16.0 Å². The molecule has 0 N–H and O–H groups in total. The van der Waals surface area contributed by atoms with Crippen LogP contribution in [-0.2, 0) is 19.6 Å². The highest BCUT2D eigenvalue weighted by Gasteiger charge is 2.50. The van der Waals surface area contributed by atoms with Crippen LogP contribution in [0.15, 0.2) is 29.2 Å². The van der Waals surface area contributed by atoms with Crippen LogP contribution in [0.3, 0.4) is 0 Å². The maximum absolute atomic E-state index is 12.1. The van der Waals surface area contributed by atoms with Gasteiger partial charge in [0.15, 0.2) is 0 Å². The van der Waals surface area contributed by atoms with Crippen LogP contribution in [0.25, 0.3) is 0 Å². The Morgan fingerprint density at radius 3 is 2.47 bits per heavy atom. The number of hydrogen-bond donors (Lipinski definition) is 0. The Morgan fingerprint density at radius 2 is 1.94 bits per heavy atom. The van der Waals surface area contributed by atoms with E-state index in [9.17, 15) is 13.2 Å². The third kappa shape index (κ3) is 2.18. The normalized spacial score (nSPS) is 23.2. The van der Waals surface area contributed by atoms with Crippen molar-refractivity contribution < 1.29 is 17.9 Å². The second-order valence-corrected chi connectivity index (χ2v) is 5.82. The Balaban J connectivity index is 2.22. The predicted octanol–water partition coefficient (Wildman–Crippen LogP) is 0.541. The Labute approximate surface area is 100 Å². The molecule has 1 saturated heterocycles. The highest BCUT2D eigenvalue weighted by molar-refractivity contribution is 7.89. The number of carbonyl (C=O) groups excluding carboxylic acids is 1. The summed E-state index contributed by atoms with van der Waals surface area (Å²) in [5.41, 5.74) is 0.985. The maximum atomic E-state index is 12.1. The van der Waals surface area contributed by atoms with E-state index < -0.39 is 22.0 Å². The fraction of sp³-hybridized carbons (Fsp3) is 0.364. The molecule has 1 aromatic carbocycles. The van der Waals surface area contributed by atoms with E-state index in [4.69, 9.17) is 0 Å². The van der Waals surface area contributed by atoms with E-state index in [1.165, 1.54) is 19.2 Å². The Kier molecular flexibility index (Phi) is 2.92. The number of methoxy groups -OCH3 is 1. The number of benzene rings is 1. The summed E-state index contributed by atoms with van der Waals surface area (Å²) in [7, 11) is -2.31. The van der Waals surface area contributed by atoms with Gasteiger partial charge in [-0.2, -0.15) is 4.31 Å². The van der Waals surface area contributed by atoms with Gasteiger partial charge in [0.05, 0.1) is 12.0 Å². The summed E-state index contributed by atoms with van der Waals surface area (Å²) in [6.45, 7) is 2.08. The molecule has 0 spiro atoms. The van der Waals surface area contributed by atoms with Gasteiger partial charge >= 0.3 is 5.97 Å².